The second-order valence-electron chi connectivity index (χ2n) is 2.85. The molecule has 1 unspecified atom stereocenters. The van der Waals surface area contributed by atoms with Crippen molar-refractivity contribution in [3.63, 3.8) is 0 Å². The summed E-state index contributed by atoms with van der Waals surface area (Å²) < 4.78 is 1.88. The third-order valence-electron chi connectivity index (χ3n) is 1.95. The summed E-state index contributed by atoms with van der Waals surface area (Å²) in [6.45, 7) is 0. The molecule has 0 bridgehead atoms. The molecule has 68 valence electrons. The highest BCUT2D eigenvalue weighted by Gasteiger charge is 2.14. The van der Waals surface area contributed by atoms with E-state index in [2.05, 4.69) is 15.0 Å². The second-order valence-corrected chi connectivity index (χ2v) is 2.85. The van der Waals surface area contributed by atoms with Crippen molar-refractivity contribution in [1.29, 1.82) is 0 Å². The summed E-state index contributed by atoms with van der Waals surface area (Å²) in [5.41, 5.74) is 5.93. The van der Waals surface area contributed by atoms with Gasteiger partial charge in [-0.2, -0.15) is 0 Å². The third kappa shape index (κ3) is 1.33. The first-order valence-corrected chi connectivity index (χ1v) is 4.01. The predicted octanol–water partition coefficient (Wildman–Crippen LogP) is 0.191. The van der Waals surface area contributed by atoms with Crippen LogP contribution in [-0.4, -0.2) is 19.5 Å². The Morgan fingerprint density at radius 1 is 1.46 bits per heavy atom. The number of imidazole rings is 2. The van der Waals surface area contributed by atoms with Crippen molar-refractivity contribution >= 4 is 0 Å². The van der Waals surface area contributed by atoms with E-state index in [0.29, 0.717) is 0 Å². The van der Waals surface area contributed by atoms with Crippen molar-refractivity contribution in [1.82, 2.24) is 19.5 Å². The molecule has 5 heteroatoms. The first-order chi connectivity index (χ1) is 6.29. The molecule has 0 saturated heterocycles. The number of hydrogen-bond donors (Lipinski definition) is 2. The Morgan fingerprint density at radius 3 is 2.85 bits per heavy atom. The van der Waals surface area contributed by atoms with Crippen molar-refractivity contribution in [2.75, 3.05) is 0 Å². The van der Waals surface area contributed by atoms with Crippen LogP contribution in [0.15, 0.2) is 24.8 Å². The number of nitrogens with one attached hydrogen (secondary N) is 1. The molecule has 0 aliphatic rings. The van der Waals surface area contributed by atoms with Gasteiger partial charge in [-0.05, 0) is 0 Å². The summed E-state index contributed by atoms with van der Waals surface area (Å²) >= 11 is 0. The Morgan fingerprint density at radius 2 is 2.31 bits per heavy atom. The second kappa shape index (κ2) is 3.02. The van der Waals surface area contributed by atoms with Crippen LogP contribution in [0.2, 0.25) is 0 Å². The van der Waals surface area contributed by atoms with E-state index in [1.807, 2.05) is 17.8 Å². The molecule has 0 aliphatic heterocycles. The Kier molecular flexibility index (Phi) is 1.86. The number of aryl methyl sites for hydroxylation is 1. The molecule has 0 saturated carbocycles. The van der Waals surface area contributed by atoms with E-state index < -0.39 is 0 Å². The van der Waals surface area contributed by atoms with Gasteiger partial charge in [0, 0.05) is 31.8 Å². The quantitative estimate of drug-likeness (QED) is 0.687. The standard InChI is InChI=1S/C8H11N5/c1-13-5-4-12-8(13)6(9)7-10-2-3-11-7/h2-6H,9H2,1H3,(H,10,11). The van der Waals surface area contributed by atoms with Gasteiger partial charge in [-0.3, -0.25) is 0 Å². The summed E-state index contributed by atoms with van der Waals surface area (Å²) in [4.78, 5) is 11.2. The number of aromatic nitrogens is 4. The molecule has 0 aliphatic carbocycles. The molecule has 2 heterocycles. The van der Waals surface area contributed by atoms with Crippen LogP contribution >= 0.6 is 0 Å². The largest absolute Gasteiger partial charge is 0.347 e. The van der Waals surface area contributed by atoms with E-state index in [9.17, 15) is 0 Å². The highest BCUT2D eigenvalue weighted by molar-refractivity contribution is 5.09. The fourth-order valence-electron chi connectivity index (χ4n) is 1.25. The minimum absolute atomic E-state index is 0.282. The van der Waals surface area contributed by atoms with E-state index in [1.54, 1.807) is 18.6 Å². The summed E-state index contributed by atoms with van der Waals surface area (Å²) in [7, 11) is 1.91. The lowest BCUT2D eigenvalue weighted by molar-refractivity contribution is 0.686. The lowest BCUT2D eigenvalue weighted by Crippen LogP contribution is -2.17. The molecule has 3 N–H and O–H groups in total. The maximum atomic E-state index is 5.93. The molecule has 0 radical (unpaired) electrons. The maximum Gasteiger partial charge on any atom is 0.133 e. The monoisotopic (exact) mass is 177 g/mol. The van der Waals surface area contributed by atoms with Crippen LogP contribution in [0.3, 0.4) is 0 Å². The number of H-pyrrole nitrogens is 1. The predicted molar refractivity (Wildman–Crippen MR) is 47.8 cm³/mol. The van der Waals surface area contributed by atoms with Crippen molar-refractivity contribution in [3.8, 4) is 0 Å². The van der Waals surface area contributed by atoms with E-state index in [-0.39, 0.29) is 6.04 Å². The van der Waals surface area contributed by atoms with Gasteiger partial charge < -0.3 is 15.3 Å². The topological polar surface area (TPSA) is 72.5 Å². The third-order valence-corrected chi connectivity index (χ3v) is 1.95. The fraction of sp³-hybridized carbons (Fsp3) is 0.250. The highest BCUT2D eigenvalue weighted by atomic mass is 15.1. The molecule has 13 heavy (non-hydrogen) atoms. The van der Waals surface area contributed by atoms with Gasteiger partial charge in [0.2, 0.25) is 0 Å². The normalized spacial score (nSPS) is 13.1. The van der Waals surface area contributed by atoms with Crippen molar-refractivity contribution < 1.29 is 0 Å². The molecule has 0 fully saturated rings. The summed E-state index contributed by atoms with van der Waals surface area (Å²) in [6, 6.07) is -0.282. The lowest BCUT2D eigenvalue weighted by atomic mass is 10.3. The molecule has 0 aromatic carbocycles. The van der Waals surface area contributed by atoms with Crippen LogP contribution in [0.1, 0.15) is 17.7 Å². The number of rotatable bonds is 2. The lowest BCUT2D eigenvalue weighted by Gasteiger charge is -2.07. The molecule has 1 atom stereocenters. The van der Waals surface area contributed by atoms with Crippen LogP contribution in [0.5, 0.6) is 0 Å². The van der Waals surface area contributed by atoms with E-state index in [1.165, 1.54) is 0 Å². The van der Waals surface area contributed by atoms with E-state index in [0.717, 1.165) is 11.6 Å². The molecule has 2 aromatic rings. The molecular formula is C8H11N5. The summed E-state index contributed by atoms with van der Waals surface area (Å²) in [6.07, 6.45) is 7.01. The van der Waals surface area contributed by atoms with Gasteiger partial charge in [-0.25, -0.2) is 9.97 Å². The zero-order valence-corrected chi connectivity index (χ0v) is 7.31. The van der Waals surface area contributed by atoms with Crippen LogP contribution in [0, 0.1) is 0 Å². The molecule has 0 amide bonds. The SMILES string of the molecule is Cn1ccnc1C(N)c1ncc[nH]1. The Balaban J connectivity index is 2.33. The minimum atomic E-state index is -0.282. The number of nitrogens with two attached hydrogens (primary N) is 1. The first-order valence-electron chi connectivity index (χ1n) is 4.01. The van der Waals surface area contributed by atoms with Gasteiger partial charge in [-0.1, -0.05) is 0 Å². The molecular weight excluding hydrogens is 166 g/mol. The number of aromatic amines is 1. The van der Waals surface area contributed by atoms with Gasteiger partial charge in [0.25, 0.3) is 0 Å². The van der Waals surface area contributed by atoms with Crippen LogP contribution < -0.4 is 5.73 Å². The van der Waals surface area contributed by atoms with Gasteiger partial charge in [0.15, 0.2) is 0 Å². The van der Waals surface area contributed by atoms with E-state index in [4.69, 9.17) is 5.73 Å². The van der Waals surface area contributed by atoms with Gasteiger partial charge in [-0.15, -0.1) is 0 Å². The van der Waals surface area contributed by atoms with Crippen molar-refractivity contribution in [2.45, 2.75) is 6.04 Å². The van der Waals surface area contributed by atoms with Crippen molar-refractivity contribution in [2.24, 2.45) is 12.8 Å². The van der Waals surface area contributed by atoms with Gasteiger partial charge >= 0.3 is 0 Å². The molecule has 5 nitrogen and oxygen atoms in total. The first kappa shape index (κ1) is 8.00. The Bertz CT molecular complexity index is 375. The molecule has 2 rings (SSSR count). The summed E-state index contributed by atoms with van der Waals surface area (Å²) in [5, 5.41) is 0. The number of nitrogens with zero attached hydrogens (tertiary/aromatic N) is 3. The van der Waals surface area contributed by atoms with Crippen molar-refractivity contribution in [3.05, 3.63) is 36.4 Å². The highest BCUT2D eigenvalue weighted by Crippen LogP contribution is 2.12. The van der Waals surface area contributed by atoms with Crippen LogP contribution in [0.25, 0.3) is 0 Å². The zero-order chi connectivity index (χ0) is 9.26. The fourth-order valence-corrected chi connectivity index (χ4v) is 1.25. The molecule has 2 aromatic heterocycles. The minimum Gasteiger partial charge on any atom is -0.347 e. The smallest absolute Gasteiger partial charge is 0.133 e. The van der Waals surface area contributed by atoms with Crippen LogP contribution in [-0.2, 0) is 7.05 Å². The Labute approximate surface area is 75.6 Å². The average molecular weight is 177 g/mol. The van der Waals surface area contributed by atoms with Gasteiger partial charge in [0.1, 0.15) is 17.7 Å². The zero-order valence-electron chi connectivity index (χ0n) is 7.31. The van der Waals surface area contributed by atoms with Gasteiger partial charge in [0.05, 0.1) is 0 Å². The number of hydrogen-bond acceptors (Lipinski definition) is 3. The maximum absolute atomic E-state index is 5.93. The summed E-state index contributed by atoms with van der Waals surface area (Å²) in [5.74, 6) is 1.53. The van der Waals surface area contributed by atoms with Crippen LogP contribution in [0.4, 0.5) is 0 Å². The van der Waals surface area contributed by atoms with E-state index >= 15 is 0 Å². The molecule has 0 spiro atoms. The Hall–Kier alpha value is -1.62. The average Bonchev–Trinajstić information content (AvgIpc) is 2.72.